The van der Waals surface area contributed by atoms with Gasteiger partial charge in [0.05, 0.1) is 0 Å². The molecule has 0 bridgehead atoms. The minimum atomic E-state index is -0.826. The molecule has 1 fully saturated rings. The molecule has 0 N–H and O–H groups in total. The van der Waals surface area contributed by atoms with Gasteiger partial charge in [0.25, 0.3) is 5.78 Å². The molecule has 0 saturated heterocycles. The van der Waals surface area contributed by atoms with Crippen LogP contribution in [0.25, 0.3) is 0 Å². The van der Waals surface area contributed by atoms with Gasteiger partial charge in [0.2, 0.25) is 0 Å². The normalized spacial score (nSPS) is 22.1. The molecule has 2 aromatic rings. The van der Waals surface area contributed by atoms with E-state index in [1.807, 2.05) is 18.2 Å². The molecule has 3 nitrogen and oxygen atoms in total. The smallest absolute Gasteiger partial charge is 0.379 e. The number of rotatable bonds is 6. The van der Waals surface area contributed by atoms with Crippen molar-refractivity contribution in [3.05, 3.63) is 71.3 Å². The van der Waals surface area contributed by atoms with Crippen molar-refractivity contribution < 1.29 is 18.7 Å². The summed E-state index contributed by atoms with van der Waals surface area (Å²) in [6.45, 7) is 5.94. The Hall–Kier alpha value is -2.49. The van der Waals surface area contributed by atoms with Crippen molar-refractivity contribution in [2.45, 2.75) is 58.2 Å². The third-order valence-corrected chi connectivity index (χ3v) is 6.47. The average molecular weight is 397 g/mol. The highest BCUT2D eigenvalue weighted by molar-refractivity contribution is 6.40. The van der Waals surface area contributed by atoms with Crippen molar-refractivity contribution in [1.29, 1.82) is 0 Å². The highest BCUT2D eigenvalue weighted by atomic mass is 19.1. The van der Waals surface area contributed by atoms with E-state index in [2.05, 4.69) is 32.9 Å². The van der Waals surface area contributed by atoms with Crippen molar-refractivity contribution in [2.75, 3.05) is 0 Å². The van der Waals surface area contributed by atoms with Crippen LogP contribution in [0.15, 0.2) is 54.6 Å². The molecular weight excluding hydrogens is 367 g/mol. The van der Waals surface area contributed by atoms with Crippen LogP contribution in [0.4, 0.5) is 4.39 Å². The lowest BCUT2D eigenvalue weighted by Gasteiger charge is -2.42. The number of hydrogen-bond donors (Lipinski definition) is 0. The summed E-state index contributed by atoms with van der Waals surface area (Å²) in [5.41, 5.74) is 1.94. The number of benzene rings is 2. The number of alkyl halides is 1. The summed E-state index contributed by atoms with van der Waals surface area (Å²) in [4.78, 5) is 24.9. The van der Waals surface area contributed by atoms with Crippen molar-refractivity contribution in [3.8, 4) is 0 Å². The fourth-order valence-corrected chi connectivity index (χ4v) is 4.26. The van der Waals surface area contributed by atoms with E-state index in [0.717, 1.165) is 19.3 Å². The average Bonchev–Trinajstić information content (AvgIpc) is 2.75. The van der Waals surface area contributed by atoms with Crippen LogP contribution in [0.1, 0.15) is 61.5 Å². The molecule has 0 unspecified atom stereocenters. The second-order valence-electron chi connectivity index (χ2n) is 8.68. The number of esters is 1. The van der Waals surface area contributed by atoms with Crippen LogP contribution in [0, 0.1) is 11.8 Å². The van der Waals surface area contributed by atoms with Crippen LogP contribution in [-0.4, -0.2) is 17.9 Å². The van der Waals surface area contributed by atoms with Gasteiger partial charge in [0, 0.05) is 5.56 Å². The number of hydrogen-bond acceptors (Lipinski definition) is 3. The van der Waals surface area contributed by atoms with Gasteiger partial charge < -0.3 is 4.74 Å². The minimum Gasteiger partial charge on any atom is -0.456 e. The molecule has 3 atom stereocenters. The Balaban J connectivity index is 1.69. The fourth-order valence-electron chi connectivity index (χ4n) is 4.26. The SMILES string of the molecule is C[C@@H]1CC[C@@H](C(C)(C)c2ccccc2)C[C@@H]1OC(=O)C(=O)c1ccc(CF)cc1. The number of ketones is 1. The van der Waals surface area contributed by atoms with E-state index in [1.165, 1.54) is 29.8 Å². The summed E-state index contributed by atoms with van der Waals surface area (Å²) in [5, 5.41) is 0. The summed E-state index contributed by atoms with van der Waals surface area (Å²) in [6.07, 6.45) is 2.48. The van der Waals surface area contributed by atoms with E-state index in [-0.39, 0.29) is 23.0 Å². The monoisotopic (exact) mass is 396 g/mol. The Labute approximate surface area is 172 Å². The quantitative estimate of drug-likeness (QED) is 0.359. The van der Waals surface area contributed by atoms with Crippen LogP contribution < -0.4 is 0 Å². The van der Waals surface area contributed by atoms with Crippen molar-refractivity contribution in [3.63, 3.8) is 0 Å². The molecule has 4 heteroatoms. The topological polar surface area (TPSA) is 43.4 Å². The van der Waals surface area contributed by atoms with Gasteiger partial charge in [-0.2, -0.15) is 0 Å². The zero-order valence-electron chi connectivity index (χ0n) is 17.4. The Bertz CT molecular complexity index is 842. The Morgan fingerprint density at radius 2 is 1.69 bits per heavy atom. The molecule has 0 radical (unpaired) electrons. The van der Waals surface area contributed by atoms with E-state index >= 15 is 0 Å². The van der Waals surface area contributed by atoms with Gasteiger partial charge in [0.1, 0.15) is 12.8 Å². The second kappa shape index (κ2) is 8.89. The first-order valence-corrected chi connectivity index (χ1v) is 10.3. The molecule has 2 aromatic carbocycles. The van der Waals surface area contributed by atoms with E-state index in [9.17, 15) is 14.0 Å². The lowest BCUT2D eigenvalue weighted by Crippen LogP contribution is -2.40. The molecule has 0 aliphatic heterocycles. The number of carbonyl (C=O) groups is 2. The van der Waals surface area contributed by atoms with Gasteiger partial charge in [-0.3, -0.25) is 4.79 Å². The molecule has 29 heavy (non-hydrogen) atoms. The molecule has 0 aromatic heterocycles. The lowest BCUT2D eigenvalue weighted by atomic mass is 9.65. The highest BCUT2D eigenvalue weighted by Crippen LogP contribution is 2.43. The van der Waals surface area contributed by atoms with Gasteiger partial charge >= 0.3 is 5.97 Å². The molecule has 0 amide bonds. The Morgan fingerprint density at radius 3 is 2.31 bits per heavy atom. The minimum absolute atomic E-state index is 0.0434. The lowest BCUT2D eigenvalue weighted by molar-refractivity contribution is -0.149. The van der Waals surface area contributed by atoms with Gasteiger partial charge in [-0.25, -0.2) is 9.18 Å². The van der Waals surface area contributed by atoms with E-state index in [1.54, 1.807) is 0 Å². The molecule has 1 aliphatic rings. The largest absolute Gasteiger partial charge is 0.456 e. The predicted molar refractivity (Wildman–Crippen MR) is 111 cm³/mol. The van der Waals surface area contributed by atoms with Gasteiger partial charge in [-0.05, 0) is 47.6 Å². The number of carbonyl (C=O) groups excluding carboxylic acids is 2. The molecule has 1 saturated carbocycles. The van der Waals surface area contributed by atoms with Crippen LogP contribution in [0.3, 0.4) is 0 Å². The number of Topliss-reactive ketones (excluding diaryl/α,β-unsaturated/α-hetero) is 1. The standard InChI is InChI=1S/C25H29FO3/c1-17-9-14-21(25(2,3)20-7-5-4-6-8-20)15-22(17)29-24(28)23(27)19-12-10-18(16-26)11-13-19/h4-8,10-13,17,21-22H,9,14-16H2,1-3H3/t17-,21-,22+/m1/s1. The first-order chi connectivity index (χ1) is 13.8. The van der Waals surface area contributed by atoms with E-state index in [4.69, 9.17) is 4.74 Å². The first-order valence-electron chi connectivity index (χ1n) is 10.3. The fraction of sp³-hybridized carbons (Fsp3) is 0.440. The van der Waals surface area contributed by atoms with Crippen molar-refractivity contribution in [1.82, 2.24) is 0 Å². The Morgan fingerprint density at radius 1 is 1.03 bits per heavy atom. The summed E-state index contributed by atoms with van der Waals surface area (Å²) in [5.74, 6) is -0.929. The van der Waals surface area contributed by atoms with E-state index < -0.39 is 18.4 Å². The summed E-state index contributed by atoms with van der Waals surface area (Å²) < 4.78 is 18.3. The molecule has 1 aliphatic carbocycles. The maximum Gasteiger partial charge on any atom is 0.379 e. The second-order valence-corrected chi connectivity index (χ2v) is 8.68. The van der Waals surface area contributed by atoms with Crippen molar-refractivity contribution >= 4 is 11.8 Å². The van der Waals surface area contributed by atoms with Crippen LogP contribution in [0.5, 0.6) is 0 Å². The summed E-state index contributed by atoms with van der Waals surface area (Å²) in [7, 11) is 0. The third-order valence-electron chi connectivity index (χ3n) is 6.47. The molecule has 3 rings (SSSR count). The van der Waals surface area contributed by atoms with Gasteiger partial charge in [-0.1, -0.05) is 75.4 Å². The van der Waals surface area contributed by atoms with Crippen LogP contribution >= 0.6 is 0 Å². The zero-order valence-corrected chi connectivity index (χ0v) is 17.4. The molecule has 0 heterocycles. The summed E-state index contributed by atoms with van der Waals surface area (Å²) >= 11 is 0. The molecule has 0 spiro atoms. The van der Waals surface area contributed by atoms with Gasteiger partial charge in [-0.15, -0.1) is 0 Å². The maximum atomic E-state index is 12.6. The zero-order chi connectivity index (χ0) is 21.0. The maximum absolute atomic E-state index is 12.6. The van der Waals surface area contributed by atoms with E-state index in [0.29, 0.717) is 11.5 Å². The Kier molecular flexibility index (Phi) is 6.51. The van der Waals surface area contributed by atoms with Crippen LogP contribution in [0.2, 0.25) is 0 Å². The predicted octanol–water partition coefficient (Wildman–Crippen LogP) is 5.66. The third kappa shape index (κ3) is 4.75. The van der Waals surface area contributed by atoms with Crippen molar-refractivity contribution in [2.24, 2.45) is 11.8 Å². The molecule has 154 valence electrons. The summed E-state index contributed by atoms with van der Waals surface area (Å²) in [6, 6.07) is 16.4. The van der Waals surface area contributed by atoms with Gasteiger partial charge in [0.15, 0.2) is 0 Å². The molecular formula is C25H29FO3. The number of ether oxygens (including phenoxy) is 1. The first kappa shape index (κ1) is 21.2. The van der Waals surface area contributed by atoms with Crippen LogP contribution in [-0.2, 0) is 21.6 Å². The number of halogens is 1. The highest BCUT2D eigenvalue weighted by Gasteiger charge is 2.39.